The highest BCUT2D eigenvalue weighted by Crippen LogP contribution is 2.33. The van der Waals surface area contributed by atoms with Crippen molar-refractivity contribution in [3.05, 3.63) is 64.9 Å². The van der Waals surface area contributed by atoms with Crippen molar-refractivity contribution in [1.82, 2.24) is 15.1 Å². The summed E-state index contributed by atoms with van der Waals surface area (Å²) in [7, 11) is 1.62. The molecule has 0 radical (unpaired) electrons. The van der Waals surface area contributed by atoms with E-state index in [4.69, 9.17) is 21.1 Å². The summed E-state index contributed by atoms with van der Waals surface area (Å²) in [6, 6.07) is 15.4. The number of piperazine rings is 1. The van der Waals surface area contributed by atoms with Gasteiger partial charge in [0.25, 0.3) is 5.91 Å². The Hall–Kier alpha value is -3.23. The van der Waals surface area contributed by atoms with E-state index in [1.54, 1.807) is 18.1 Å². The number of halogens is 1. The fraction of sp³-hybridized carbons (Fsp3) is 0.467. The maximum atomic E-state index is 13.4. The Kier molecular flexibility index (Phi) is 8.94. The Morgan fingerprint density at radius 3 is 2.62 bits per heavy atom. The molecule has 9 heteroatoms. The maximum Gasteiger partial charge on any atom is 0.289 e. The van der Waals surface area contributed by atoms with Crippen LogP contribution in [0.2, 0.25) is 5.02 Å². The first-order valence-electron chi connectivity index (χ1n) is 13.8. The standard InChI is InChI=1S/C30H37ClN4O4/c1-38-25-11-9-22(10-12-25)19-28-30(37)35(26-7-2-3-8-27(26)39-28)21-29(36)32-13-14-33-15-17-34(18-16-33)24-6-4-5-23(31)20-24/h4-6,9-12,19-20,26-27H,2-3,7-8,13-18,21H2,1H3,(H,32,36)/b28-19+. The predicted octanol–water partition coefficient (Wildman–Crippen LogP) is 3.80. The van der Waals surface area contributed by atoms with Crippen LogP contribution in [0.5, 0.6) is 5.75 Å². The second-order valence-corrected chi connectivity index (χ2v) is 10.8. The van der Waals surface area contributed by atoms with Crippen molar-refractivity contribution in [2.24, 2.45) is 0 Å². The molecule has 39 heavy (non-hydrogen) atoms. The SMILES string of the molecule is COc1ccc(/C=C2/OC3CCCCC3N(CC(=O)NCCN3CCN(c4cccc(Cl)c4)CC3)C2=O)cc1. The van der Waals surface area contributed by atoms with E-state index in [2.05, 4.69) is 21.2 Å². The van der Waals surface area contributed by atoms with Gasteiger partial charge in [0.1, 0.15) is 18.4 Å². The zero-order chi connectivity index (χ0) is 27.2. The number of anilines is 1. The number of nitrogens with zero attached hydrogens (tertiary/aromatic N) is 3. The van der Waals surface area contributed by atoms with Crippen LogP contribution in [-0.4, -0.2) is 86.7 Å². The summed E-state index contributed by atoms with van der Waals surface area (Å²) in [5.41, 5.74) is 2.00. The number of carbonyl (C=O) groups is 2. The minimum atomic E-state index is -0.221. The van der Waals surface area contributed by atoms with E-state index in [1.807, 2.05) is 42.5 Å². The number of methoxy groups -OCH3 is 1. The normalized spacial score (nSPS) is 22.8. The van der Waals surface area contributed by atoms with Crippen molar-refractivity contribution in [3.8, 4) is 5.75 Å². The van der Waals surface area contributed by atoms with Gasteiger partial charge in [0, 0.05) is 50.0 Å². The third-order valence-corrected chi connectivity index (χ3v) is 8.08. The number of nitrogens with one attached hydrogen (secondary N) is 1. The molecule has 2 aromatic carbocycles. The van der Waals surface area contributed by atoms with Gasteiger partial charge in [0.15, 0.2) is 5.76 Å². The van der Waals surface area contributed by atoms with Crippen LogP contribution in [0, 0.1) is 0 Å². The van der Waals surface area contributed by atoms with Gasteiger partial charge in [-0.2, -0.15) is 0 Å². The van der Waals surface area contributed by atoms with Gasteiger partial charge in [-0.15, -0.1) is 0 Å². The van der Waals surface area contributed by atoms with Gasteiger partial charge in [-0.3, -0.25) is 14.5 Å². The van der Waals surface area contributed by atoms with Gasteiger partial charge < -0.3 is 24.6 Å². The number of hydrogen-bond acceptors (Lipinski definition) is 6. The summed E-state index contributed by atoms with van der Waals surface area (Å²) < 4.78 is 11.4. The van der Waals surface area contributed by atoms with Gasteiger partial charge in [0.2, 0.25) is 5.91 Å². The van der Waals surface area contributed by atoms with Crippen LogP contribution in [0.15, 0.2) is 54.3 Å². The molecule has 0 aromatic heterocycles. The van der Waals surface area contributed by atoms with E-state index in [1.165, 1.54) is 0 Å². The van der Waals surface area contributed by atoms with Crippen LogP contribution in [0.3, 0.4) is 0 Å². The Bertz CT molecular complexity index is 1180. The lowest BCUT2D eigenvalue weighted by Crippen LogP contribution is -2.57. The van der Waals surface area contributed by atoms with Crippen LogP contribution in [0.1, 0.15) is 31.2 Å². The first-order valence-corrected chi connectivity index (χ1v) is 14.2. The van der Waals surface area contributed by atoms with E-state index in [9.17, 15) is 9.59 Å². The molecule has 8 nitrogen and oxygen atoms in total. The Labute approximate surface area is 235 Å². The van der Waals surface area contributed by atoms with Gasteiger partial charge in [0.05, 0.1) is 13.2 Å². The van der Waals surface area contributed by atoms with E-state index < -0.39 is 0 Å². The molecule has 2 amide bonds. The van der Waals surface area contributed by atoms with Gasteiger partial charge in [-0.1, -0.05) is 36.2 Å². The Morgan fingerprint density at radius 1 is 1.10 bits per heavy atom. The summed E-state index contributed by atoms with van der Waals surface area (Å²) in [5, 5.41) is 3.79. The van der Waals surface area contributed by atoms with Crippen molar-refractivity contribution < 1.29 is 19.1 Å². The summed E-state index contributed by atoms with van der Waals surface area (Å²) in [4.78, 5) is 32.8. The lowest BCUT2D eigenvalue weighted by molar-refractivity contribution is -0.151. The van der Waals surface area contributed by atoms with Gasteiger partial charge in [-0.05, 0) is 61.2 Å². The molecule has 2 aromatic rings. The fourth-order valence-corrected chi connectivity index (χ4v) is 5.86. The van der Waals surface area contributed by atoms with Crippen molar-refractivity contribution in [2.75, 3.05) is 57.8 Å². The molecule has 1 N–H and O–H groups in total. The summed E-state index contributed by atoms with van der Waals surface area (Å²) in [6.45, 7) is 5.07. The molecule has 0 bridgehead atoms. The lowest BCUT2D eigenvalue weighted by Gasteiger charge is -2.44. The zero-order valence-corrected chi connectivity index (χ0v) is 23.2. The number of amides is 2. The minimum Gasteiger partial charge on any atom is -0.497 e. The third kappa shape index (κ3) is 6.86. The Morgan fingerprint density at radius 2 is 1.87 bits per heavy atom. The second-order valence-electron chi connectivity index (χ2n) is 10.4. The predicted molar refractivity (Wildman–Crippen MR) is 153 cm³/mol. The largest absolute Gasteiger partial charge is 0.497 e. The monoisotopic (exact) mass is 552 g/mol. The van der Waals surface area contributed by atoms with E-state index in [0.717, 1.165) is 80.4 Å². The van der Waals surface area contributed by atoms with Crippen LogP contribution < -0.4 is 15.0 Å². The molecular weight excluding hydrogens is 516 g/mol. The third-order valence-electron chi connectivity index (χ3n) is 7.84. The van der Waals surface area contributed by atoms with Crippen molar-refractivity contribution in [3.63, 3.8) is 0 Å². The number of fused-ring (bicyclic) bond motifs is 1. The molecule has 1 aliphatic carbocycles. The molecule has 2 atom stereocenters. The van der Waals surface area contributed by atoms with E-state index in [-0.39, 0.29) is 30.5 Å². The average molecular weight is 553 g/mol. The molecule has 2 unspecified atom stereocenters. The van der Waals surface area contributed by atoms with Gasteiger partial charge >= 0.3 is 0 Å². The van der Waals surface area contributed by atoms with Crippen LogP contribution in [0.4, 0.5) is 5.69 Å². The molecule has 2 heterocycles. The summed E-state index contributed by atoms with van der Waals surface area (Å²) in [6.07, 6.45) is 5.53. The zero-order valence-electron chi connectivity index (χ0n) is 22.5. The first kappa shape index (κ1) is 27.3. The highest BCUT2D eigenvalue weighted by atomic mass is 35.5. The van der Waals surface area contributed by atoms with Crippen molar-refractivity contribution in [1.29, 1.82) is 0 Å². The molecular formula is C30H37ClN4O4. The smallest absolute Gasteiger partial charge is 0.289 e. The molecule has 5 rings (SSSR count). The maximum absolute atomic E-state index is 13.4. The van der Waals surface area contributed by atoms with Crippen LogP contribution >= 0.6 is 11.6 Å². The van der Waals surface area contributed by atoms with Crippen LogP contribution in [0.25, 0.3) is 6.08 Å². The number of rotatable bonds is 8. The second kappa shape index (κ2) is 12.7. The molecule has 3 aliphatic rings. The van der Waals surface area contributed by atoms with E-state index >= 15 is 0 Å². The number of benzene rings is 2. The quantitative estimate of drug-likeness (QED) is 0.502. The number of ether oxygens (including phenoxy) is 2. The number of morpholine rings is 1. The highest BCUT2D eigenvalue weighted by molar-refractivity contribution is 6.30. The first-order chi connectivity index (χ1) is 19.0. The number of hydrogen-bond donors (Lipinski definition) is 1. The summed E-state index contributed by atoms with van der Waals surface area (Å²) >= 11 is 6.15. The molecule has 208 valence electrons. The fourth-order valence-electron chi connectivity index (χ4n) is 5.68. The van der Waals surface area contributed by atoms with Gasteiger partial charge in [-0.25, -0.2) is 0 Å². The Balaban J connectivity index is 1.13. The molecule has 0 spiro atoms. The van der Waals surface area contributed by atoms with Crippen molar-refractivity contribution in [2.45, 2.75) is 37.8 Å². The molecule has 2 saturated heterocycles. The summed E-state index contributed by atoms with van der Waals surface area (Å²) in [5.74, 6) is 0.701. The minimum absolute atomic E-state index is 0.0475. The number of carbonyl (C=O) groups excluding carboxylic acids is 2. The molecule has 2 aliphatic heterocycles. The lowest BCUT2D eigenvalue weighted by atomic mass is 9.89. The van der Waals surface area contributed by atoms with Crippen molar-refractivity contribution >= 4 is 35.2 Å². The highest BCUT2D eigenvalue weighted by Gasteiger charge is 2.42. The average Bonchev–Trinajstić information content (AvgIpc) is 2.96. The van der Waals surface area contributed by atoms with Crippen LogP contribution in [-0.2, 0) is 14.3 Å². The topological polar surface area (TPSA) is 74.4 Å². The molecule has 1 saturated carbocycles. The van der Waals surface area contributed by atoms with E-state index in [0.29, 0.717) is 12.3 Å². The molecule has 3 fully saturated rings.